The molecule has 4 rings (SSSR count). The maximum Gasteiger partial charge on any atom is 0.00977 e. The van der Waals surface area contributed by atoms with Gasteiger partial charge in [0.15, 0.2) is 0 Å². The third kappa shape index (κ3) is 2.48. The normalized spacial score (nSPS) is 43.4. The van der Waals surface area contributed by atoms with Crippen molar-refractivity contribution >= 4 is 0 Å². The molecule has 0 spiro atoms. The van der Waals surface area contributed by atoms with Gasteiger partial charge in [-0.2, -0.15) is 0 Å². The molecule has 1 nitrogen and oxygen atoms in total. The van der Waals surface area contributed by atoms with Crippen molar-refractivity contribution in [3.63, 3.8) is 0 Å². The lowest BCUT2D eigenvalue weighted by Crippen LogP contribution is -2.53. The van der Waals surface area contributed by atoms with Crippen LogP contribution in [0.4, 0.5) is 0 Å². The first-order valence-electron chi connectivity index (χ1n) is 8.90. The molecule has 4 saturated carbocycles. The molecule has 0 aromatic carbocycles. The molecule has 1 heteroatoms. The van der Waals surface area contributed by atoms with Gasteiger partial charge in [0.05, 0.1) is 0 Å². The predicted molar refractivity (Wildman–Crippen MR) is 82.1 cm³/mol. The van der Waals surface area contributed by atoms with E-state index in [-0.39, 0.29) is 0 Å². The van der Waals surface area contributed by atoms with Crippen LogP contribution in [0.5, 0.6) is 0 Å². The van der Waals surface area contributed by atoms with Crippen LogP contribution in [0.1, 0.15) is 72.1 Å². The number of hydrogen-bond donors (Lipinski definition) is 1. The Morgan fingerprint density at radius 2 is 1.53 bits per heavy atom. The molecule has 4 fully saturated rings. The Morgan fingerprint density at radius 1 is 1.00 bits per heavy atom. The van der Waals surface area contributed by atoms with Gasteiger partial charge >= 0.3 is 0 Å². The Hall–Kier alpha value is -0.0400. The molecule has 0 heterocycles. The average Bonchev–Trinajstić information content (AvgIpc) is 2.36. The quantitative estimate of drug-likeness (QED) is 0.737. The Bertz CT molecular complexity index is 268. The summed E-state index contributed by atoms with van der Waals surface area (Å²) in [5.41, 5.74) is 0.719. The van der Waals surface area contributed by atoms with E-state index >= 15 is 0 Å². The Kier molecular flexibility index (Phi) is 3.95. The van der Waals surface area contributed by atoms with Crippen LogP contribution in [0.25, 0.3) is 0 Å². The molecule has 2 atom stereocenters. The van der Waals surface area contributed by atoms with Crippen LogP contribution in [0.3, 0.4) is 0 Å². The zero-order chi connectivity index (χ0) is 13.5. The molecule has 0 aromatic heterocycles. The molecule has 0 aliphatic heterocycles. The molecule has 0 amide bonds. The zero-order valence-electron chi connectivity index (χ0n) is 13.3. The van der Waals surface area contributed by atoms with E-state index in [0.717, 1.165) is 41.7 Å². The van der Waals surface area contributed by atoms with E-state index in [0.29, 0.717) is 0 Å². The summed E-state index contributed by atoms with van der Waals surface area (Å²) in [6.07, 6.45) is 12.1. The highest BCUT2D eigenvalue weighted by Crippen LogP contribution is 2.63. The van der Waals surface area contributed by atoms with Crippen molar-refractivity contribution in [1.29, 1.82) is 0 Å². The Labute approximate surface area is 119 Å². The second-order valence-electron chi connectivity index (χ2n) is 8.02. The molecule has 4 aliphatic carbocycles. The highest BCUT2D eigenvalue weighted by atomic mass is 14.9. The Morgan fingerprint density at radius 3 is 1.95 bits per heavy atom. The third-order valence-electron chi connectivity index (χ3n) is 6.72. The fourth-order valence-electron chi connectivity index (χ4n) is 6.26. The van der Waals surface area contributed by atoms with Crippen molar-refractivity contribution in [3.8, 4) is 0 Å². The smallest absolute Gasteiger partial charge is 0.00977 e. The van der Waals surface area contributed by atoms with Crippen LogP contribution in [0.2, 0.25) is 0 Å². The van der Waals surface area contributed by atoms with Crippen LogP contribution in [0.15, 0.2) is 0 Å². The standard InChI is InChI=1S/C18H33N/c1-4-6-17(19-5-2)13(3)18-10-14-7-15(11-18)9-16(8-14)12-18/h13-17,19H,4-12H2,1-3H3. The average molecular weight is 263 g/mol. The Balaban J connectivity index is 1.75. The van der Waals surface area contributed by atoms with Gasteiger partial charge < -0.3 is 5.32 Å². The summed E-state index contributed by atoms with van der Waals surface area (Å²) in [4.78, 5) is 0. The van der Waals surface area contributed by atoms with Gasteiger partial charge in [0.1, 0.15) is 0 Å². The van der Waals surface area contributed by atoms with E-state index in [1.807, 2.05) is 0 Å². The third-order valence-corrected chi connectivity index (χ3v) is 6.72. The first-order chi connectivity index (χ1) is 9.16. The van der Waals surface area contributed by atoms with Crippen molar-refractivity contribution in [1.82, 2.24) is 5.32 Å². The van der Waals surface area contributed by atoms with Gasteiger partial charge in [0, 0.05) is 6.04 Å². The summed E-state index contributed by atoms with van der Waals surface area (Å²) in [6.45, 7) is 8.34. The lowest BCUT2D eigenvalue weighted by atomic mass is 9.46. The van der Waals surface area contributed by atoms with Crippen LogP contribution in [-0.4, -0.2) is 12.6 Å². The minimum absolute atomic E-state index is 0.719. The molecule has 0 saturated heterocycles. The van der Waals surface area contributed by atoms with Crippen molar-refractivity contribution in [3.05, 3.63) is 0 Å². The monoisotopic (exact) mass is 263 g/mol. The molecule has 1 N–H and O–H groups in total. The van der Waals surface area contributed by atoms with Crippen LogP contribution >= 0.6 is 0 Å². The summed E-state index contributed by atoms with van der Waals surface area (Å²) < 4.78 is 0. The number of nitrogens with one attached hydrogen (secondary N) is 1. The van der Waals surface area contributed by atoms with E-state index in [9.17, 15) is 0 Å². The van der Waals surface area contributed by atoms with E-state index < -0.39 is 0 Å². The molecule has 19 heavy (non-hydrogen) atoms. The van der Waals surface area contributed by atoms with E-state index in [1.165, 1.54) is 12.8 Å². The molecule has 0 radical (unpaired) electrons. The second kappa shape index (κ2) is 5.39. The van der Waals surface area contributed by atoms with Crippen LogP contribution < -0.4 is 5.32 Å². The first-order valence-corrected chi connectivity index (χ1v) is 8.90. The fourth-order valence-corrected chi connectivity index (χ4v) is 6.26. The maximum atomic E-state index is 3.81. The summed E-state index contributed by atoms with van der Waals surface area (Å²) in [7, 11) is 0. The molecule has 2 unspecified atom stereocenters. The van der Waals surface area contributed by atoms with Gasteiger partial charge in [-0.05, 0) is 80.6 Å². The van der Waals surface area contributed by atoms with Crippen LogP contribution in [0, 0.1) is 29.1 Å². The lowest BCUT2D eigenvalue weighted by molar-refractivity contribution is -0.0913. The van der Waals surface area contributed by atoms with Gasteiger partial charge in [-0.25, -0.2) is 0 Å². The number of hydrogen-bond acceptors (Lipinski definition) is 1. The molecular formula is C18H33N. The van der Waals surface area contributed by atoms with Crippen molar-refractivity contribution in [2.45, 2.75) is 78.2 Å². The van der Waals surface area contributed by atoms with Crippen molar-refractivity contribution in [2.24, 2.45) is 29.1 Å². The van der Waals surface area contributed by atoms with E-state index in [1.54, 1.807) is 38.5 Å². The van der Waals surface area contributed by atoms with Crippen molar-refractivity contribution < 1.29 is 0 Å². The van der Waals surface area contributed by atoms with Crippen LogP contribution in [-0.2, 0) is 0 Å². The molecule has 0 aromatic rings. The van der Waals surface area contributed by atoms with Gasteiger partial charge in [-0.1, -0.05) is 27.2 Å². The molecular weight excluding hydrogens is 230 g/mol. The molecule has 4 bridgehead atoms. The van der Waals surface area contributed by atoms with Gasteiger partial charge in [-0.3, -0.25) is 0 Å². The van der Waals surface area contributed by atoms with E-state index in [2.05, 4.69) is 26.1 Å². The van der Waals surface area contributed by atoms with Crippen molar-refractivity contribution in [2.75, 3.05) is 6.54 Å². The summed E-state index contributed by atoms with van der Waals surface area (Å²) in [6, 6.07) is 0.770. The molecule has 4 aliphatic rings. The highest BCUT2D eigenvalue weighted by Gasteiger charge is 2.53. The zero-order valence-corrected chi connectivity index (χ0v) is 13.3. The fraction of sp³-hybridized carbons (Fsp3) is 1.00. The SMILES string of the molecule is CCCC(NCC)C(C)C12CC3CC(CC(C3)C1)C2. The summed E-state index contributed by atoms with van der Waals surface area (Å²) in [5.74, 6) is 4.17. The van der Waals surface area contributed by atoms with E-state index in [4.69, 9.17) is 0 Å². The predicted octanol–water partition coefficient (Wildman–Crippen LogP) is 4.62. The number of rotatable bonds is 6. The lowest BCUT2D eigenvalue weighted by Gasteiger charge is -2.60. The second-order valence-corrected chi connectivity index (χ2v) is 8.02. The highest BCUT2D eigenvalue weighted by molar-refractivity contribution is 5.05. The van der Waals surface area contributed by atoms with Gasteiger partial charge in [-0.15, -0.1) is 0 Å². The first kappa shape index (κ1) is 13.9. The summed E-state index contributed by atoms with van der Waals surface area (Å²) >= 11 is 0. The minimum atomic E-state index is 0.719. The van der Waals surface area contributed by atoms with Gasteiger partial charge in [0.25, 0.3) is 0 Å². The minimum Gasteiger partial charge on any atom is -0.314 e. The largest absolute Gasteiger partial charge is 0.314 e. The molecule has 110 valence electrons. The van der Waals surface area contributed by atoms with Gasteiger partial charge in [0.2, 0.25) is 0 Å². The summed E-state index contributed by atoms with van der Waals surface area (Å²) in [5, 5.41) is 3.81. The topological polar surface area (TPSA) is 12.0 Å². The maximum absolute atomic E-state index is 3.81.